The number of benzene rings is 2. The van der Waals surface area contributed by atoms with E-state index in [-0.39, 0.29) is 41.1 Å². The van der Waals surface area contributed by atoms with Crippen LogP contribution in [0.15, 0.2) is 57.4 Å². The minimum Gasteiger partial charge on any atom is -1.00 e. The molecule has 0 bridgehead atoms. The Bertz CT molecular complexity index is 1190. The van der Waals surface area contributed by atoms with Crippen LogP contribution in [0.1, 0.15) is 115 Å². The van der Waals surface area contributed by atoms with Gasteiger partial charge in [-0.15, -0.1) is 0 Å². The van der Waals surface area contributed by atoms with E-state index in [0.29, 0.717) is 3.63 Å². The van der Waals surface area contributed by atoms with Gasteiger partial charge in [0, 0.05) is 0 Å². The van der Waals surface area contributed by atoms with Crippen molar-refractivity contribution in [2.75, 3.05) is 0 Å². The molecule has 4 rings (SSSR count). The summed E-state index contributed by atoms with van der Waals surface area (Å²) >= 11 is -2.16. The van der Waals surface area contributed by atoms with Crippen molar-refractivity contribution in [2.45, 2.75) is 103 Å². The Balaban J connectivity index is 0.00000241. The van der Waals surface area contributed by atoms with Gasteiger partial charge in [-0.05, 0) is 0 Å². The summed E-state index contributed by atoms with van der Waals surface area (Å²) in [5, 5.41) is 0. The summed E-state index contributed by atoms with van der Waals surface area (Å²) in [5.41, 5.74) is 11.2. The van der Waals surface area contributed by atoms with Crippen molar-refractivity contribution < 1.29 is 46.1 Å². The molecular formula is C34H46Cl2Zr. The van der Waals surface area contributed by atoms with E-state index in [0.717, 1.165) is 0 Å². The topological polar surface area (TPSA) is 0 Å². The summed E-state index contributed by atoms with van der Waals surface area (Å²) in [6.45, 7) is 26.0. The van der Waals surface area contributed by atoms with E-state index in [2.05, 4.69) is 125 Å². The molecule has 2 aromatic rings. The van der Waals surface area contributed by atoms with Gasteiger partial charge in [0.05, 0.1) is 0 Å². The zero-order valence-corrected chi connectivity index (χ0v) is 28.8. The molecule has 0 spiro atoms. The van der Waals surface area contributed by atoms with Crippen molar-refractivity contribution in [1.29, 1.82) is 0 Å². The molecule has 0 heterocycles. The predicted octanol–water partition coefficient (Wildman–Crippen LogP) is 3.84. The zero-order valence-electron chi connectivity index (χ0n) is 24.9. The third-order valence-electron chi connectivity index (χ3n) is 8.46. The molecule has 0 N–H and O–H groups in total. The van der Waals surface area contributed by atoms with E-state index in [1.54, 1.807) is 23.2 Å². The van der Waals surface area contributed by atoms with Crippen LogP contribution in [-0.4, -0.2) is 3.21 Å². The molecule has 0 aliphatic heterocycles. The molecule has 0 fully saturated rings. The molecule has 0 aromatic heterocycles. The average molecular weight is 617 g/mol. The predicted molar refractivity (Wildman–Crippen MR) is 152 cm³/mol. The average Bonchev–Trinajstić information content (AvgIpc) is 3.36. The van der Waals surface area contributed by atoms with Crippen LogP contribution in [-0.2, 0) is 32.1 Å². The summed E-state index contributed by atoms with van der Waals surface area (Å²) in [4.78, 5) is 0. The Morgan fingerprint density at radius 3 is 1.62 bits per heavy atom. The zero-order chi connectivity index (χ0) is 25.9. The summed E-state index contributed by atoms with van der Waals surface area (Å²) < 4.78 is 4.08. The molecule has 200 valence electrons. The van der Waals surface area contributed by atoms with E-state index in [1.807, 2.05) is 0 Å². The third kappa shape index (κ3) is 6.21. The first-order valence-electron chi connectivity index (χ1n) is 13.5. The van der Waals surface area contributed by atoms with Gasteiger partial charge in [0.1, 0.15) is 0 Å². The first-order chi connectivity index (χ1) is 16.1. The van der Waals surface area contributed by atoms with Crippen LogP contribution >= 0.6 is 0 Å². The summed E-state index contributed by atoms with van der Waals surface area (Å²) in [6.07, 6.45) is 7.54. The Labute approximate surface area is 247 Å². The van der Waals surface area contributed by atoms with Gasteiger partial charge in [-0.1, -0.05) is 0 Å². The Kier molecular flexibility index (Phi) is 10.00. The van der Waals surface area contributed by atoms with Crippen molar-refractivity contribution in [1.82, 2.24) is 0 Å². The number of hydrogen-bond donors (Lipinski definition) is 0. The minimum atomic E-state index is -2.16. The van der Waals surface area contributed by atoms with Crippen molar-refractivity contribution in [3.05, 3.63) is 79.7 Å². The normalized spacial score (nSPS) is 15.0. The Morgan fingerprint density at radius 2 is 1.24 bits per heavy atom. The maximum atomic E-state index is 2.63. The fourth-order valence-corrected chi connectivity index (χ4v) is 13.9. The smallest absolute Gasteiger partial charge is 1.00 e. The maximum absolute atomic E-state index is 2.63. The van der Waals surface area contributed by atoms with Gasteiger partial charge in [-0.3, -0.25) is 0 Å². The molecule has 0 amide bonds. The number of rotatable bonds is 4. The van der Waals surface area contributed by atoms with E-state index < -0.39 is 21.3 Å². The Morgan fingerprint density at radius 1 is 0.784 bits per heavy atom. The van der Waals surface area contributed by atoms with Crippen molar-refractivity contribution in [3.63, 3.8) is 0 Å². The first-order valence-corrected chi connectivity index (χ1v) is 17.4. The van der Waals surface area contributed by atoms with Crippen molar-refractivity contribution in [3.8, 4) is 11.1 Å². The maximum Gasteiger partial charge on any atom is -1.00 e. The van der Waals surface area contributed by atoms with Gasteiger partial charge in [0.2, 0.25) is 0 Å². The van der Waals surface area contributed by atoms with E-state index in [4.69, 9.17) is 0 Å². The summed E-state index contributed by atoms with van der Waals surface area (Å²) in [5.74, 6) is 0. The van der Waals surface area contributed by atoms with Crippen LogP contribution in [0.3, 0.4) is 0 Å². The van der Waals surface area contributed by atoms with Crippen LogP contribution in [0.4, 0.5) is 0 Å². The second kappa shape index (κ2) is 11.4. The number of fused-ring (bicyclic) bond motifs is 3. The molecule has 0 saturated carbocycles. The quantitative estimate of drug-likeness (QED) is 0.490. The molecule has 2 aliphatic carbocycles. The standard InChI is InChI=1S/C21H25.C10H15.C3H6.2ClH.Zr/c1-20(2,3)16-9-7-14-11-15-8-10-17(21(4,5)6)13-19(15)18(14)12-16;1-4-10(2,3)9-7-5-6-8-9;1-3-2;;;/h7-13H,1-6H3;7-8H,4-5H2,1-3H3;1-2H3;2*1H;/q;;;;;+2/p-2. The molecule has 2 aliphatic rings. The van der Waals surface area contributed by atoms with Gasteiger partial charge in [0.25, 0.3) is 0 Å². The van der Waals surface area contributed by atoms with Crippen LogP contribution in [0.5, 0.6) is 0 Å². The molecule has 0 nitrogen and oxygen atoms in total. The van der Waals surface area contributed by atoms with Crippen LogP contribution in [0, 0.1) is 5.41 Å². The monoisotopic (exact) mass is 614 g/mol. The van der Waals surface area contributed by atoms with Gasteiger partial charge in [-0.25, -0.2) is 0 Å². The van der Waals surface area contributed by atoms with E-state index >= 15 is 0 Å². The van der Waals surface area contributed by atoms with Gasteiger partial charge in [-0.2, -0.15) is 0 Å². The second-order valence-electron chi connectivity index (χ2n) is 13.7. The number of allylic oxidation sites excluding steroid dienone is 4. The second-order valence-corrected chi connectivity index (χ2v) is 21.2. The van der Waals surface area contributed by atoms with Crippen LogP contribution < -0.4 is 24.8 Å². The molecule has 37 heavy (non-hydrogen) atoms. The van der Waals surface area contributed by atoms with E-state index in [9.17, 15) is 0 Å². The summed E-state index contributed by atoms with van der Waals surface area (Å²) in [7, 11) is 0. The largest absolute Gasteiger partial charge is 1.00 e. The first kappa shape index (κ1) is 32.5. The fourth-order valence-electron chi connectivity index (χ4n) is 5.68. The van der Waals surface area contributed by atoms with Crippen LogP contribution in [0.25, 0.3) is 11.1 Å². The number of hydrogen-bond acceptors (Lipinski definition) is 0. The molecule has 3 heteroatoms. The molecule has 0 atom stereocenters. The molecule has 0 saturated heterocycles. The van der Waals surface area contributed by atoms with Crippen LogP contribution in [0.2, 0.25) is 0 Å². The number of halogens is 2. The van der Waals surface area contributed by atoms with Gasteiger partial charge >= 0.3 is 224 Å². The minimum absolute atomic E-state index is 0. The van der Waals surface area contributed by atoms with Gasteiger partial charge in [0.15, 0.2) is 0 Å². The molecular weight excluding hydrogens is 571 g/mol. The van der Waals surface area contributed by atoms with Crippen molar-refractivity contribution >= 4 is 3.21 Å². The molecule has 0 radical (unpaired) electrons. The molecule has 2 aromatic carbocycles. The fraction of sp³-hybridized carbons (Fsp3) is 0.500. The summed E-state index contributed by atoms with van der Waals surface area (Å²) in [6, 6.07) is 14.9. The Hall–Kier alpha value is -0.747. The van der Waals surface area contributed by atoms with Gasteiger partial charge < -0.3 is 24.8 Å². The third-order valence-corrected chi connectivity index (χ3v) is 16.6. The molecule has 0 unspecified atom stereocenters. The van der Waals surface area contributed by atoms with Crippen molar-refractivity contribution in [2.24, 2.45) is 5.41 Å². The van der Waals surface area contributed by atoms with E-state index in [1.165, 1.54) is 35.1 Å². The SMILES string of the molecule is CCC(C)(C)C1=CC[C]([Zr+2](=[C](C)C)[CH]2c3ccc(C(C)(C)C)cc3-c3cc(C(C)(C)C)ccc32)=C1.[Cl-].[Cl-].